The number of carbonyl (C=O) groups is 2. The maximum atomic E-state index is 12.4. The number of aryl methyl sites for hydroxylation is 1. The van der Waals surface area contributed by atoms with E-state index in [1.165, 1.54) is 0 Å². The van der Waals surface area contributed by atoms with Gasteiger partial charge in [-0.15, -0.1) is 0 Å². The summed E-state index contributed by atoms with van der Waals surface area (Å²) in [5, 5.41) is 2.81. The number of benzene rings is 1. The summed E-state index contributed by atoms with van der Waals surface area (Å²) in [5.74, 6) is -2.35. The summed E-state index contributed by atoms with van der Waals surface area (Å²) in [6.45, 7) is 2.27. The summed E-state index contributed by atoms with van der Waals surface area (Å²) >= 11 is 0. The summed E-state index contributed by atoms with van der Waals surface area (Å²) in [6.07, 6.45) is -4.34. The van der Waals surface area contributed by atoms with Crippen LogP contribution in [0.25, 0.3) is 0 Å². The Kier molecular flexibility index (Phi) is 5.28. The standard InChI is InChI=1S/C16H19F3N2O2/c1-11-3-2-4-12(9-11)10-20-14(22)13-5-7-21(8-6-13)15(23)16(17,18)19/h2-4,9,13H,5-8,10H2,1H3,(H,20,22). The van der Waals surface area contributed by atoms with Gasteiger partial charge in [0.05, 0.1) is 0 Å². The van der Waals surface area contributed by atoms with Crippen molar-refractivity contribution < 1.29 is 22.8 Å². The molecule has 2 amide bonds. The van der Waals surface area contributed by atoms with Crippen molar-refractivity contribution in [2.45, 2.75) is 32.5 Å². The fraction of sp³-hybridized carbons (Fsp3) is 0.500. The van der Waals surface area contributed by atoms with Crippen LogP contribution in [0.2, 0.25) is 0 Å². The molecule has 1 aromatic rings. The molecular weight excluding hydrogens is 309 g/mol. The first-order valence-electron chi connectivity index (χ1n) is 7.46. The lowest BCUT2D eigenvalue weighted by Gasteiger charge is -2.31. The number of nitrogens with one attached hydrogen (secondary N) is 1. The van der Waals surface area contributed by atoms with Gasteiger partial charge in [-0.05, 0) is 25.3 Å². The van der Waals surface area contributed by atoms with E-state index in [0.29, 0.717) is 6.54 Å². The number of carbonyl (C=O) groups excluding carboxylic acids is 2. The van der Waals surface area contributed by atoms with E-state index in [1.807, 2.05) is 31.2 Å². The van der Waals surface area contributed by atoms with E-state index in [-0.39, 0.29) is 37.8 Å². The Morgan fingerprint density at radius 1 is 1.26 bits per heavy atom. The van der Waals surface area contributed by atoms with E-state index in [2.05, 4.69) is 5.32 Å². The summed E-state index contributed by atoms with van der Waals surface area (Å²) in [6, 6.07) is 7.72. The molecule has 0 unspecified atom stereocenters. The molecule has 23 heavy (non-hydrogen) atoms. The molecule has 1 aliphatic heterocycles. The van der Waals surface area contributed by atoms with Gasteiger partial charge in [-0.25, -0.2) is 0 Å². The molecule has 1 saturated heterocycles. The van der Waals surface area contributed by atoms with Gasteiger partial charge in [0.2, 0.25) is 5.91 Å². The van der Waals surface area contributed by atoms with Gasteiger partial charge in [0.25, 0.3) is 0 Å². The van der Waals surface area contributed by atoms with Crippen molar-refractivity contribution in [2.75, 3.05) is 13.1 Å². The second-order valence-electron chi connectivity index (χ2n) is 5.77. The SMILES string of the molecule is Cc1cccc(CNC(=O)C2CCN(C(=O)C(F)(F)F)CC2)c1. The van der Waals surface area contributed by atoms with E-state index in [0.717, 1.165) is 16.0 Å². The average Bonchev–Trinajstić information content (AvgIpc) is 2.51. The van der Waals surface area contributed by atoms with Gasteiger partial charge in [-0.2, -0.15) is 13.2 Å². The van der Waals surface area contributed by atoms with Gasteiger partial charge in [-0.3, -0.25) is 9.59 Å². The zero-order valence-corrected chi connectivity index (χ0v) is 12.8. The third-order valence-electron chi connectivity index (χ3n) is 3.94. The fourth-order valence-electron chi connectivity index (χ4n) is 2.68. The molecule has 1 fully saturated rings. The molecule has 0 aliphatic carbocycles. The fourth-order valence-corrected chi connectivity index (χ4v) is 2.68. The number of hydrogen-bond acceptors (Lipinski definition) is 2. The molecule has 0 spiro atoms. The van der Waals surface area contributed by atoms with Crippen molar-refractivity contribution in [2.24, 2.45) is 5.92 Å². The molecule has 0 atom stereocenters. The molecular formula is C16H19F3N2O2. The van der Waals surface area contributed by atoms with Gasteiger partial charge in [0, 0.05) is 25.6 Å². The molecule has 1 heterocycles. The number of hydrogen-bond donors (Lipinski definition) is 1. The quantitative estimate of drug-likeness (QED) is 0.926. The zero-order valence-electron chi connectivity index (χ0n) is 12.8. The van der Waals surface area contributed by atoms with Crippen LogP contribution in [-0.4, -0.2) is 36.0 Å². The number of alkyl halides is 3. The minimum atomic E-state index is -4.85. The van der Waals surface area contributed by atoms with E-state index in [1.54, 1.807) is 0 Å². The lowest BCUT2D eigenvalue weighted by atomic mass is 9.95. The minimum Gasteiger partial charge on any atom is -0.352 e. The number of nitrogens with zero attached hydrogens (tertiary/aromatic N) is 1. The Morgan fingerprint density at radius 2 is 1.91 bits per heavy atom. The largest absolute Gasteiger partial charge is 0.471 e. The second-order valence-corrected chi connectivity index (χ2v) is 5.77. The first kappa shape index (κ1) is 17.3. The van der Waals surface area contributed by atoms with Crippen molar-refractivity contribution in [3.05, 3.63) is 35.4 Å². The summed E-state index contributed by atoms with van der Waals surface area (Å²) in [5.41, 5.74) is 2.07. The average molecular weight is 328 g/mol. The van der Waals surface area contributed by atoms with Gasteiger partial charge >= 0.3 is 12.1 Å². The second kappa shape index (κ2) is 7.02. The molecule has 7 heteroatoms. The van der Waals surface area contributed by atoms with Crippen LogP contribution in [-0.2, 0) is 16.1 Å². The maximum absolute atomic E-state index is 12.4. The van der Waals surface area contributed by atoms with E-state index in [9.17, 15) is 22.8 Å². The van der Waals surface area contributed by atoms with Crippen molar-refractivity contribution in [3.63, 3.8) is 0 Å². The molecule has 0 bridgehead atoms. The number of rotatable bonds is 3. The molecule has 0 saturated carbocycles. The Balaban J connectivity index is 1.81. The minimum absolute atomic E-state index is 0.0408. The van der Waals surface area contributed by atoms with Gasteiger partial charge in [0.15, 0.2) is 0 Å². The first-order valence-corrected chi connectivity index (χ1v) is 7.46. The number of piperidine rings is 1. The normalized spacial score (nSPS) is 16.3. The van der Waals surface area contributed by atoms with Crippen LogP contribution in [0, 0.1) is 12.8 Å². The van der Waals surface area contributed by atoms with Crippen LogP contribution >= 0.6 is 0 Å². The topological polar surface area (TPSA) is 49.4 Å². The van der Waals surface area contributed by atoms with Crippen LogP contribution in [0.3, 0.4) is 0 Å². The summed E-state index contributed by atoms with van der Waals surface area (Å²) < 4.78 is 37.1. The lowest BCUT2D eigenvalue weighted by Crippen LogP contribution is -2.47. The van der Waals surface area contributed by atoms with Crippen LogP contribution in [0.5, 0.6) is 0 Å². The van der Waals surface area contributed by atoms with Crippen molar-refractivity contribution in [1.82, 2.24) is 10.2 Å². The Morgan fingerprint density at radius 3 is 2.48 bits per heavy atom. The smallest absolute Gasteiger partial charge is 0.352 e. The molecule has 0 radical (unpaired) electrons. The van der Waals surface area contributed by atoms with Gasteiger partial charge in [0.1, 0.15) is 0 Å². The lowest BCUT2D eigenvalue weighted by molar-refractivity contribution is -0.186. The summed E-state index contributed by atoms with van der Waals surface area (Å²) in [7, 11) is 0. The third-order valence-corrected chi connectivity index (χ3v) is 3.94. The molecule has 0 aromatic heterocycles. The van der Waals surface area contributed by atoms with E-state index >= 15 is 0 Å². The van der Waals surface area contributed by atoms with Crippen LogP contribution in [0.15, 0.2) is 24.3 Å². The van der Waals surface area contributed by atoms with Crippen molar-refractivity contribution in [3.8, 4) is 0 Å². The molecule has 4 nitrogen and oxygen atoms in total. The Bertz CT molecular complexity index is 579. The first-order chi connectivity index (χ1) is 10.8. The molecule has 126 valence electrons. The summed E-state index contributed by atoms with van der Waals surface area (Å²) in [4.78, 5) is 24.0. The highest BCUT2D eigenvalue weighted by Crippen LogP contribution is 2.24. The third kappa shape index (κ3) is 4.71. The zero-order chi connectivity index (χ0) is 17.0. The van der Waals surface area contributed by atoms with E-state index < -0.39 is 12.1 Å². The monoisotopic (exact) mass is 328 g/mol. The molecule has 1 aliphatic rings. The van der Waals surface area contributed by atoms with Crippen LogP contribution < -0.4 is 5.32 Å². The highest BCUT2D eigenvalue weighted by molar-refractivity contribution is 5.83. The Labute approximate surface area is 132 Å². The van der Waals surface area contributed by atoms with E-state index in [4.69, 9.17) is 0 Å². The van der Waals surface area contributed by atoms with Crippen molar-refractivity contribution in [1.29, 1.82) is 0 Å². The number of likely N-dealkylation sites (tertiary alicyclic amines) is 1. The van der Waals surface area contributed by atoms with Crippen LogP contribution in [0.1, 0.15) is 24.0 Å². The highest BCUT2D eigenvalue weighted by atomic mass is 19.4. The van der Waals surface area contributed by atoms with Crippen LogP contribution in [0.4, 0.5) is 13.2 Å². The van der Waals surface area contributed by atoms with Gasteiger partial charge in [-0.1, -0.05) is 29.8 Å². The number of halogens is 3. The highest BCUT2D eigenvalue weighted by Gasteiger charge is 2.43. The predicted octanol–water partition coefficient (Wildman–Crippen LogP) is 2.41. The van der Waals surface area contributed by atoms with Crippen molar-refractivity contribution >= 4 is 11.8 Å². The number of amides is 2. The maximum Gasteiger partial charge on any atom is 0.471 e. The predicted molar refractivity (Wildman–Crippen MR) is 78.4 cm³/mol. The molecule has 2 rings (SSSR count). The molecule has 1 aromatic carbocycles. The molecule has 1 N–H and O–H groups in total. The van der Waals surface area contributed by atoms with Gasteiger partial charge < -0.3 is 10.2 Å². The Hall–Kier alpha value is -2.05.